The molecule has 2 aliphatic rings. The van der Waals surface area contributed by atoms with Crippen LogP contribution in [-0.4, -0.2) is 34.7 Å². The van der Waals surface area contributed by atoms with Crippen LogP contribution in [0.5, 0.6) is 0 Å². The lowest BCUT2D eigenvalue weighted by atomic mass is 9.97. The Morgan fingerprint density at radius 1 is 1.07 bits per heavy atom. The van der Waals surface area contributed by atoms with Crippen LogP contribution in [0.25, 0.3) is 5.57 Å². The van der Waals surface area contributed by atoms with Crippen molar-refractivity contribution in [3.05, 3.63) is 65.5 Å². The number of halogens is 1. The van der Waals surface area contributed by atoms with Crippen molar-refractivity contribution in [1.82, 2.24) is 9.80 Å². The van der Waals surface area contributed by atoms with Crippen LogP contribution in [0.4, 0.5) is 4.39 Å². The Morgan fingerprint density at radius 2 is 1.78 bits per heavy atom. The first-order valence-electron chi connectivity index (χ1n) is 9.18. The van der Waals surface area contributed by atoms with E-state index < -0.39 is 0 Å². The van der Waals surface area contributed by atoms with Gasteiger partial charge < -0.3 is 9.32 Å². The lowest BCUT2D eigenvalue weighted by Gasteiger charge is -2.32. The van der Waals surface area contributed by atoms with Gasteiger partial charge in [-0.3, -0.25) is 14.5 Å². The lowest BCUT2D eigenvalue weighted by molar-refractivity contribution is -0.138. The van der Waals surface area contributed by atoms with E-state index in [4.69, 9.17) is 4.42 Å². The van der Waals surface area contributed by atoms with E-state index in [1.165, 1.54) is 23.3 Å². The van der Waals surface area contributed by atoms with Gasteiger partial charge in [-0.25, -0.2) is 4.39 Å². The number of piperidine rings is 1. The minimum atomic E-state index is -0.378. The number of carbonyl (C=O) groups excluding carboxylic acids is 2. The Hall–Kier alpha value is -2.89. The van der Waals surface area contributed by atoms with E-state index >= 15 is 0 Å². The Kier molecular flexibility index (Phi) is 4.56. The van der Waals surface area contributed by atoms with Crippen LogP contribution >= 0.6 is 0 Å². The third-order valence-electron chi connectivity index (χ3n) is 5.27. The maximum atomic E-state index is 13.4. The van der Waals surface area contributed by atoms with Crippen molar-refractivity contribution in [3.63, 3.8) is 0 Å². The summed E-state index contributed by atoms with van der Waals surface area (Å²) in [5.41, 5.74) is 1.33. The van der Waals surface area contributed by atoms with Gasteiger partial charge in [0.1, 0.15) is 17.3 Å². The van der Waals surface area contributed by atoms with Crippen molar-refractivity contribution in [2.24, 2.45) is 5.92 Å². The van der Waals surface area contributed by atoms with Crippen LogP contribution < -0.4 is 0 Å². The molecule has 1 aromatic heterocycles. The Bertz CT molecular complexity index is 879. The van der Waals surface area contributed by atoms with Crippen LogP contribution in [-0.2, 0) is 16.1 Å². The monoisotopic (exact) mass is 368 g/mol. The van der Waals surface area contributed by atoms with Crippen LogP contribution in [0, 0.1) is 11.7 Å². The molecule has 0 bridgehead atoms. The fourth-order valence-corrected chi connectivity index (χ4v) is 3.67. The summed E-state index contributed by atoms with van der Waals surface area (Å²) in [7, 11) is 0. The summed E-state index contributed by atoms with van der Waals surface area (Å²) in [5, 5.41) is 0. The molecule has 1 saturated heterocycles. The number of nitrogens with zero attached hydrogens (tertiary/aromatic N) is 2. The molecular weight excluding hydrogens is 347 g/mol. The molecule has 3 heterocycles. The van der Waals surface area contributed by atoms with Crippen molar-refractivity contribution >= 4 is 17.4 Å². The number of hydrogen-bond donors (Lipinski definition) is 0. The van der Waals surface area contributed by atoms with Crippen LogP contribution in [0.3, 0.4) is 0 Å². The van der Waals surface area contributed by atoms with Gasteiger partial charge in [-0.2, -0.15) is 0 Å². The number of imide groups is 1. The maximum Gasteiger partial charge on any atom is 0.278 e. The molecule has 2 aliphatic heterocycles. The molecule has 0 N–H and O–H groups in total. The molecular formula is C21H21FN2O3. The molecule has 0 atom stereocenters. The minimum absolute atomic E-state index is 0.0864. The predicted molar refractivity (Wildman–Crippen MR) is 97.6 cm³/mol. The zero-order valence-electron chi connectivity index (χ0n) is 15.2. The van der Waals surface area contributed by atoms with Gasteiger partial charge in [0.25, 0.3) is 11.8 Å². The number of benzene rings is 1. The molecule has 140 valence electrons. The smallest absolute Gasteiger partial charge is 0.278 e. The van der Waals surface area contributed by atoms with E-state index in [2.05, 4.69) is 6.92 Å². The van der Waals surface area contributed by atoms with E-state index in [1.54, 1.807) is 24.3 Å². The van der Waals surface area contributed by atoms with E-state index in [9.17, 15) is 14.0 Å². The highest BCUT2D eigenvalue weighted by Gasteiger charge is 2.42. The highest BCUT2D eigenvalue weighted by Crippen LogP contribution is 2.34. The summed E-state index contributed by atoms with van der Waals surface area (Å²) in [6.07, 6.45) is 3.46. The van der Waals surface area contributed by atoms with Gasteiger partial charge in [-0.05, 0) is 48.6 Å². The average molecular weight is 368 g/mol. The molecule has 27 heavy (non-hydrogen) atoms. The first-order chi connectivity index (χ1) is 13.0. The van der Waals surface area contributed by atoms with Crippen molar-refractivity contribution in [2.45, 2.75) is 26.3 Å². The highest BCUT2D eigenvalue weighted by atomic mass is 19.1. The second kappa shape index (κ2) is 7.02. The molecule has 0 unspecified atom stereocenters. The summed E-state index contributed by atoms with van der Waals surface area (Å²) in [5.74, 6) is 0.0880. The number of furan rings is 1. The molecule has 4 rings (SSSR count). The first kappa shape index (κ1) is 17.5. The Labute approximate surface area is 157 Å². The molecule has 0 radical (unpaired) electrons. The zero-order valence-corrected chi connectivity index (χ0v) is 15.2. The summed E-state index contributed by atoms with van der Waals surface area (Å²) in [6.45, 7) is 3.74. The molecule has 1 aromatic carbocycles. The quantitative estimate of drug-likeness (QED) is 0.776. The number of rotatable bonds is 4. The molecule has 0 saturated carbocycles. The second-order valence-corrected chi connectivity index (χ2v) is 7.18. The van der Waals surface area contributed by atoms with E-state index in [-0.39, 0.29) is 24.2 Å². The highest BCUT2D eigenvalue weighted by molar-refractivity contribution is 6.35. The fourth-order valence-electron chi connectivity index (χ4n) is 3.67. The topological polar surface area (TPSA) is 53.8 Å². The van der Waals surface area contributed by atoms with Crippen LogP contribution in [0.1, 0.15) is 31.1 Å². The number of carbonyl (C=O) groups is 2. The van der Waals surface area contributed by atoms with Crippen LogP contribution in [0.2, 0.25) is 0 Å². The summed E-state index contributed by atoms with van der Waals surface area (Å²) >= 11 is 0. The maximum absolute atomic E-state index is 13.4. The largest absolute Gasteiger partial charge is 0.467 e. The predicted octanol–water partition coefficient (Wildman–Crippen LogP) is 3.43. The van der Waals surface area contributed by atoms with Gasteiger partial charge in [-0.15, -0.1) is 0 Å². The average Bonchev–Trinajstić information content (AvgIpc) is 3.26. The number of amides is 2. The molecule has 5 nitrogen and oxygen atoms in total. The molecule has 0 aliphatic carbocycles. The Morgan fingerprint density at radius 3 is 2.41 bits per heavy atom. The summed E-state index contributed by atoms with van der Waals surface area (Å²) < 4.78 is 18.7. The van der Waals surface area contributed by atoms with Gasteiger partial charge >= 0.3 is 0 Å². The summed E-state index contributed by atoms with van der Waals surface area (Å²) in [6, 6.07) is 9.19. The minimum Gasteiger partial charge on any atom is -0.467 e. The van der Waals surface area contributed by atoms with Gasteiger partial charge in [0, 0.05) is 13.1 Å². The van der Waals surface area contributed by atoms with Crippen molar-refractivity contribution < 1.29 is 18.4 Å². The molecule has 0 spiro atoms. The summed E-state index contributed by atoms with van der Waals surface area (Å²) in [4.78, 5) is 29.5. The molecule has 1 fully saturated rings. The SMILES string of the molecule is CC1CCN(C2=C(c3ccc(F)cc3)C(=O)N(Cc3ccco3)C2=O)CC1. The van der Waals surface area contributed by atoms with E-state index in [0.717, 1.165) is 25.9 Å². The first-order valence-corrected chi connectivity index (χ1v) is 9.18. The molecule has 2 aromatic rings. The van der Waals surface area contributed by atoms with Crippen LogP contribution in [0.15, 0.2) is 52.8 Å². The third kappa shape index (κ3) is 3.27. The fraction of sp³-hybridized carbons (Fsp3) is 0.333. The Balaban J connectivity index is 1.73. The van der Waals surface area contributed by atoms with Gasteiger partial charge in [0.05, 0.1) is 18.4 Å². The normalized spacial score (nSPS) is 18.7. The molecule has 2 amide bonds. The van der Waals surface area contributed by atoms with E-state index in [0.29, 0.717) is 28.5 Å². The zero-order chi connectivity index (χ0) is 19.0. The second-order valence-electron chi connectivity index (χ2n) is 7.18. The van der Waals surface area contributed by atoms with Gasteiger partial charge in [0.2, 0.25) is 0 Å². The third-order valence-corrected chi connectivity index (χ3v) is 5.27. The number of hydrogen-bond acceptors (Lipinski definition) is 4. The van der Waals surface area contributed by atoms with Gasteiger partial charge in [-0.1, -0.05) is 19.1 Å². The number of likely N-dealkylation sites (tertiary alicyclic amines) is 1. The van der Waals surface area contributed by atoms with E-state index in [1.807, 2.05) is 4.90 Å². The van der Waals surface area contributed by atoms with Crippen molar-refractivity contribution in [3.8, 4) is 0 Å². The lowest BCUT2D eigenvalue weighted by Crippen LogP contribution is -2.38. The standard InChI is InChI=1S/C21H21FN2O3/c1-14-8-10-23(11-9-14)19-18(15-4-6-16(22)7-5-15)20(25)24(21(19)26)13-17-3-2-12-27-17/h2-7,12,14H,8-11,13H2,1H3. The van der Waals surface area contributed by atoms with Gasteiger partial charge in [0.15, 0.2) is 0 Å². The molecule has 6 heteroatoms. The van der Waals surface area contributed by atoms with Crippen molar-refractivity contribution in [2.75, 3.05) is 13.1 Å². The van der Waals surface area contributed by atoms with Crippen molar-refractivity contribution in [1.29, 1.82) is 0 Å².